The van der Waals surface area contributed by atoms with E-state index in [0.717, 1.165) is 30.6 Å². The third-order valence-electron chi connectivity index (χ3n) is 2.63. The van der Waals surface area contributed by atoms with Crippen LogP contribution in [0.1, 0.15) is 46.5 Å². The van der Waals surface area contributed by atoms with E-state index < -0.39 is 0 Å². The van der Waals surface area contributed by atoms with Crippen molar-refractivity contribution in [2.45, 2.75) is 52.6 Å². The van der Waals surface area contributed by atoms with E-state index in [1.165, 1.54) is 0 Å². The van der Waals surface area contributed by atoms with Gasteiger partial charge in [0.15, 0.2) is 0 Å². The summed E-state index contributed by atoms with van der Waals surface area (Å²) in [6.07, 6.45) is 3.77. The highest BCUT2D eigenvalue weighted by Crippen LogP contribution is 2.27. The van der Waals surface area contributed by atoms with Crippen molar-refractivity contribution in [2.24, 2.45) is 0 Å². The molecule has 3 nitrogen and oxygen atoms in total. The summed E-state index contributed by atoms with van der Waals surface area (Å²) in [5.41, 5.74) is 0.720. The van der Waals surface area contributed by atoms with Crippen molar-refractivity contribution in [1.29, 1.82) is 0 Å². The lowest BCUT2D eigenvalue weighted by Gasteiger charge is -2.06. The molecule has 0 amide bonds. The van der Waals surface area contributed by atoms with Crippen LogP contribution >= 0.6 is 0 Å². The summed E-state index contributed by atoms with van der Waals surface area (Å²) in [5, 5.41) is 0. The van der Waals surface area contributed by atoms with E-state index in [0.29, 0.717) is 13.0 Å². The molecule has 0 aromatic carbocycles. The number of ether oxygens (including phenoxy) is 2. The molecule has 1 aliphatic heterocycles. The van der Waals surface area contributed by atoms with E-state index >= 15 is 0 Å². The molecule has 0 saturated heterocycles. The molecule has 86 valence electrons. The van der Waals surface area contributed by atoms with Crippen molar-refractivity contribution in [1.82, 2.24) is 0 Å². The van der Waals surface area contributed by atoms with E-state index in [-0.39, 0.29) is 12.1 Å². The van der Waals surface area contributed by atoms with Gasteiger partial charge in [0.2, 0.25) is 0 Å². The fraction of sp³-hybridized carbons (Fsp3) is 0.750. The molecule has 0 saturated carbocycles. The van der Waals surface area contributed by atoms with Crippen molar-refractivity contribution >= 4 is 5.97 Å². The average Bonchev–Trinajstić information content (AvgIpc) is 2.60. The summed E-state index contributed by atoms with van der Waals surface area (Å²) in [6, 6.07) is 0. The maximum absolute atomic E-state index is 11.6. The molecule has 1 unspecified atom stereocenters. The van der Waals surface area contributed by atoms with E-state index in [9.17, 15) is 4.79 Å². The normalized spacial score (nSPS) is 20.3. The zero-order valence-corrected chi connectivity index (χ0v) is 9.84. The van der Waals surface area contributed by atoms with Gasteiger partial charge in [-0.3, -0.25) is 0 Å². The highest BCUT2D eigenvalue weighted by atomic mass is 16.5. The Bertz CT molecular complexity index is 256. The fourth-order valence-corrected chi connectivity index (χ4v) is 1.59. The SMILES string of the molecule is CCCCOC(=O)C1=C(C)OC(CC)C1. The van der Waals surface area contributed by atoms with Gasteiger partial charge in [0.05, 0.1) is 12.2 Å². The topological polar surface area (TPSA) is 35.5 Å². The van der Waals surface area contributed by atoms with E-state index in [4.69, 9.17) is 9.47 Å². The first-order valence-electron chi connectivity index (χ1n) is 5.72. The van der Waals surface area contributed by atoms with E-state index in [1.54, 1.807) is 0 Å². The van der Waals surface area contributed by atoms with Crippen LogP contribution in [0.25, 0.3) is 0 Å². The summed E-state index contributed by atoms with van der Waals surface area (Å²) < 4.78 is 10.7. The predicted molar refractivity (Wildman–Crippen MR) is 58.3 cm³/mol. The summed E-state index contributed by atoms with van der Waals surface area (Å²) in [6.45, 7) is 6.49. The van der Waals surface area contributed by atoms with Gasteiger partial charge in [-0.25, -0.2) is 4.79 Å². The van der Waals surface area contributed by atoms with Crippen molar-refractivity contribution in [3.8, 4) is 0 Å². The molecule has 0 fully saturated rings. The van der Waals surface area contributed by atoms with Gasteiger partial charge in [0.1, 0.15) is 11.9 Å². The molecule has 0 aromatic rings. The van der Waals surface area contributed by atoms with Crippen LogP contribution in [0.4, 0.5) is 0 Å². The summed E-state index contributed by atoms with van der Waals surface area (Å²) in [7, 11) is 0. The van der Waals surface area contributed by atoms with Gasteiger partial charge in [-0.2, -0.15) is 0 Å². The van der Waals surface area contributed by atoms with Crippen molar-refractivity contribution < 1.29 is 14.3 Å². The largest absolute Gasteiger partial charge is 0.494 e. The Hall–Kier alpha value is -0.990. The van der Waals surface area contributed by atoms with Gasteiger partial charge < -0.3 is 9.47 Å². The summed E-state index contributed by atoms with van der Waals surface area (Å²) in [5.74, 6) is 0.542. The first-order chi connectivity index (χ1) is 7.19. The fourth-order valence-electron chi connectivity index (χ4n) is 1.59. The quantitative estimate of drug-likeness (QED) is 0.519. The number of carbonyl (C=O) groups is 1. The Kier molecular flexibility index (Phi) is 4.66. The van der Waals surface area contributed by atoms with Gasteiger partial charge >= 0.3 is 5.97 Å². The van der Waals surface area contributed by atoms with Crippen LogP contribution < -0.4 is 0 Å². The summed E-state index contributed by atoms with van der Waals surface area (Å²) in [4.78, 5) is 11.6. The minimum atomic E-state index is -0.197. The number of esters is 1. The molecular formula is C12H20O3. The second-order valence-electron chi connectivity index (χ2n) is 3.88. The minimum absolute atomic E-state index is 0.165. The highest BCUT2D eigenvalue weighted by Gasteiger charge is 2.27. The number of allylic oxidation sites excluding steroid dienone is 1. The molecule has 3 heteroatoms. The summed E-state index contributed by atoms with van der Waals surface area (Å²) >= 11 is 0. The molecule has 0 radical (unpaired) electrons. The number of carbonyl (C=O) groups excluding carboxylic acids is 1. The third-order valence-corrected chi connectivity index (χ3v) is 2.63. The molecule has 0 spiro atoms. The molecule has 0 aliphatic carbocycles. The van der Waals surface area contributed by atoms with Gasteiger partial charge in [-0.05, 0) is 19.8 Å². The second kappa shape index (κ2) is 5.79. The minimum Gasteiger partial charge on any atom is -0.494 e. The van der Waals surface area contributed by atoms with Gasteiger partial charge in [-0.15, -0.1) is 0 Å². The molecule has 1 heterocycles. The van der Waals surface area contributed by atoms with Crippen LogP contribution in [-0.2, 0) is 14.3 Å². The standard InChI is InChI=1S/C12H20O3/c1-4-6-7-14-12(13)11-8-10(5-2)15-9(11)3/h10H,4-8H2,1-3H3. The molecule has 0 bridgehead atoms. The lowest BCUT2D eigenvalue weighted by atomic mass is 10.1. The number of unbranched alkanes of at least 4 members (excludes halogenated alkanes) is 1. The molecule has 0 N–H and O–H groups in total. The second-order valence-corrected chi connectivity index (χ2v) is 3.88. The number of hydrogen-bond acceptors (Lipinski definition) is 3. The Labute approximate surface area is 91.4 Å². The van der Waals surface area contributed by atoms with E-state index in [2.05, 4.69) is 13.8 Å². The van der Waals surface area contributed by atoms with Crippen LogP contribution in [-0.4, -0.2) is 18.7 Å². The Morgan fingerprint density at radius 3 is 2.80 bits per heavy atom. The Morgan fingerprint density at radius 1 is 1.53 bits per heavy atom. The molecule has 1 rings (SSSR count). The first kappa shape index (κ1) is 12.1. The lowest BCUT2D eigenvalue weighted by Crippen LogP contribution is -2.10. The van der Waals surface area contributed by atoms with Crippen LogP contribution in [0.5, 0.6) is 0 Å². The third kappa shape index (κ3) is 3.26. The maximum atomic E-state index is 11.6. The zero-order chi connectivity index (χ0) is 11.3. The smallest absolute Gasteiger partial charge is 0.337 e. The van der Waals surface area contributed by atoms with Crippen molar-refractivity contribution in [3.63, 3.8) is 0 Å². The molecule has 1 aliphatic rings. The number of hydrogen-bond donors (Lipinski definition) is 0. The molecular weight excluding hydrogens is 192 g/mol. The van der Waals surface area contributed by atoms with Crippen molar-refractivity contribution in [3.05, 3.63) is 11.3 Å². The van der Waals surface area contributed by atoms with Gasteiger partial charge in [-0.1, -0.05) is 20.3 Å². The average molecular weight is 212 g/mol. The molecule has 15 heavy (non-hydrogen) atoms. The Morgan fingerprint density at radius 2 is 2.27 bits per heavy atom. The lowest BCUT2D eigenvalue weighted by molar-refractivity contribution is -0.139. The predicted octanol–water partition coefficient (Wildman–Crippen LogP) is 2.80. The van der Waals surface area contributed by atoms with Crippen molar-refractivity contribution in [2.75, 3.05) is 6.61 Å². The van der Waals surface area contributed by atoms with Crippen LogP contribution in [0.2, 0.25) is 0 Å². The van der Waals surface area contributed by atoms with Crippen LogP contribution in [0, 0.1) is 0 Å². The first-order valence-corrected chi connectivity index (χ1v) is 5.72. The van der Waals surface area contributed by atoms with Gasteiger partial charge in [0, 0.05) is 6.42 Å². The monoisotopic (exact) mass is 212 g/mol. The Balaban J connectivity index is 2.42. The van der Waals surface area contributed by atoms with Crippen LogP contribution in [0.3, 0.4) is 0 Å². The number of rotatable bonds is 5. The van der Waals surface area contributed by atoms with E-state index in [1.807, 2.05) is 6.92 Å². The van der Waals surface area contributed by atoms with Crippen LogP contribution in [0.15, 0.2) is 11.3 Å². The maximum Gasteiger partial charge on any atom is 0.337 e. The molecule has 0 aromatic heterocycles. The molecule has 1 atom stereocenters. The highest BCUT2D eigenvalue weighted by molar-refractivity contribution is 5.89. The van der Waals surface area contributed by atoms with Gasteiger partial charge in [0.25, 0.3) is 0 Å². The zero-order valence-electron chi connectivity index (χ0n) is 9.84.